The standard InChI is InChI=1S/C25H30N2O4/c1-14-7-9-17-15(12-14)8-10-18-19-20(21(27(17)18)22(28)25(2,3)4)24(30)26(23(19)29)13-16-6-5-11-31-16/h7-10,12,16,18-21H,5-6,11,13H2,1-4H3/t16-,18+,19-,20-,21+/m0/s1. The quantitative estimate of drug-likeness (QED) is 0.701. The molecular formula is C25H30N2O4. The normalized spacial score (nSPS) is 31.8. The number of amides is 2. The Bertz CT molecular complexity index is 986. The number of hydrogen-bond donors (Lipinski definition) is 0. The lowest BCUT2D eigenvalue weighted by atomic mass is 9.79. The predicted octanol–water partition coefficient (Wildman–Crippen LogP) is 2.97. The average molecular weight is 423 g/mol. The fraction of sp³-hybridized carbons (Fsp3) is 0.560. The maximum atomic E-state index is 13.7. The van der Waals surface area contributed by atoms with Crippen LogP contribution in [-0.4, -0.2) is 53.8 Å². The van der Waals surface area contributed by atoms with E-state index in [0.717, 1.165) is 29.7 Å². The van der Waals surface area contributed by atoms with Gasteiger partial charge in [-0.1, -0.05) is 44.6 Å². The van der Waals surface area contributed by atoms with Crippen molar-refractivity contribution >= 4 is 29.4 Å². The van der Waals surface area contributed by atoms with E-state index in [1.807, 2.05) is 52.0 Å². The lowest BCUT2D eigenvalue weighted by Crippen LogP contribution is -2.52. The van der Waals surface area contributed by atoms with Gasteiger partial charge in [-0.3, -0.25) is 19.3 Å². The first-order valence-corrected chi connectivity index (χ1v) is 11.3. The molecule has 0 radical (unpaired) electrons. The molecule has 5 atom stereocenters. The highest BCUT2D eigenvalue weighted by atomic mass is 16.5. The molecule has 5 rings (SSSR count). The molecule has 0 unspecified atom stereocenters. The van der Waals surface area contributed by atoms with Crippen LogP contribution in [0.3, 0.4) is 0 Å². The van der Waals surface area contributed by atoms with Crippen LogP contribution in [0.15, 0.2) is 24.3 Å². The summed E-state index contributed by atoms with van der Waals surface area (Å²) in [5.74, 6) is -1.56. The van der Waals surface area contributed by atoms with Gasteiger partial charge in [0.15, 0.2) is 5.78 Å². The summed E-state index contributed by atoms with van der Waals surface area (Å²) in [4.78, 5) is 44.2. The summed E-state index contributed by atoms with van der Waals surface area (Å²) in [5, 5.41) is 0. The molecular weight excluding hydrogens is 392 g/mol. The molecule has 0 saturated carbocycles. The molecule has 4 heterocycles. The molecule has 1 aromatic carbocycles. The Kier molecular flexibility index (Phi) is 4.63. The van der Waals surface area contributed by atoms with E-state index in [9.17, 15) is 14.4 Å². The third-order valence-corrected chi connectivity index (χ3v) is 7.17. The van der Waals surface area contributed by atoms with E-state index < -0.39 is 23.3 Å². The first-order chi connectivity index (χ1) is 14.7. The number of ketones is 1. The van der Waals surface area contributed by atoms with Gasteiger partial charge in [0.2, 0.25) is 11.8 Å². The van der Waals surface area contributed by atoms with Gasteiger partial charge in [0.1, 0.15) is 6.04 Å². The molecule has 31 heavy (non-hydrogen) atoms. The third-order valence-electron chi connectivity index (χ3n) is 7.17. The number of rotatable bonds is 3. The predicted molar refractivity (Wildman–Crippen MR) is 117 cm³/mol. The van der Waals surface area contributed by atoms with Crippen molar-refractivity contribution in [1.82, 2.24) is 4.90 Å². The smallest absolute Gasteiger partial charge is 0.235 e. The van der Waals surface area contributed by atoms with Gasteiger partial charge in [-0.15, -0.1) is 0 Å². The first-order valence-electron chi connectivity index (χ1n) is 11.3. The summed E-state index contributed by atoms with van der Waals surface area (Å²) in [5.41, 5.74) is 2.47. The Morgan fingerprint density at radius 1 is 1.16 bits per heavy atom. The first kappa shape index (κ1) is 20.4. The summed E-state index contributed by atoms with van der Waals surface area (Å²) in [6.45, 7) is 8.67. The molecule has 0 spiro atoms. The van der Waals surface area contributed by atoms with Crippen LogP contribution in [-0.2, 0) is 19.1 Å². The van der Waals surface area contributed by atoms with E-state index in [1.54, 1.807) is 0 Å². The van der Waals surface area contributed by atoms with E-state index in [-0.39, 0.29) is 29.7 Å². The SMILES string of the molecule is Cc1ccc2c(c1)C=C[C@@H]1[C@@H]3C(=O)N(C[C@@H]4CCCO4)C(=O)[C@@H]3[C@H](C(=O)C(C)(C)C)N21. The van der Waals surface area contributed by atoms with Crippen LogP contribution >= 0.6 is 0 Å². The molecule has 4 aliphatic rings. The lowest BCUT2D eigenvalue weighted by molar-refractivity contribution is -0.143. The second kappa shape index (κ2) is 7.02. The molecule has 3 saturated heterocycles. The average Bonchev–Trinajstić information content (AvgIpc) is 3.40. The number of nitrogens with zero attached hydrogens (tertiary/aromatic N) is 2. The molecule has 0 N–H and O–H groups in total. The number of benzene rings is 1. The monoisotopic (exact) mass is 422 g/mol. The van der Waals surface area contributed by atoms with Crippen molar-refractivity contribution in [1.29, 1.82) is 0 Å². The van der Waals surface area contributed by atoms with E-state index >= 15 is 0 Å². The third kappa shape index (κ3) is 3.06. The second-order valence-electron chi connectivity index (χ2n) is 10.4. The molecule has 0 aliphatic carbocycles. The van der Waals surface area contributed by atoms with Crippen molar-refractivity contribution in [2.75, 3.05) is 18.1 Å². The van der Waals surface area contributed by atoms with Gasteiger partial charge < -0.3 is 9.64 Å². The highest BCUT2D eigenvalue weighted by Crippen LogP contribution is 2.50. The lowest BCUT2D eigenvalue weighted by Gasteiger charge is -2.38. The highest BCUT2D eigenvalue weighted by molar-refractivity contribution is 6.11. The van der Waals surface area contributed by atoms with Gasteiger partial charge >= 0.3 is 0 Å². The molecule has 6 nitrogen and oxygen atoms in total. The zero-order valence-corrected chi connectivity index (χ0v) is 18.6. The largest absolute Gasteiger partial charge is 0.376 e. The zero-order chi connectivity index (χ0) is 22.1. The number of ether oxygens (including phenoxy) is 1. The second-order valence-corrected chi connectivity index (χ2v) is 10.4. The minimum absolute atomic E-state index is 0.00643. The van der Waals surface area contributed by atoms with Crippen molar-refractivity contribution in [3.05, 3.63) is 35.4 Å². The Balaban J connectivity index is 1.58. The number of imide groups is 1. The van der Waals surface area contributed by atoms with Crippen LogP contribution in [0.2, 0.25) is 0 Å². The number of hydrogen-bond acceptors (Lipinski definition) is 5. The van der Waals surface area contributed by atoms with Gasteiger partial charge in [0.05, 0.1) is 30.5 Å². The van der Waals surface area contributed by atoms with Gasteiger partial charge in [-0.25, -0.2) is 0 Å². The molecule has 164 valence electrons. The molecule has 0 bridgehead atoms. The maximum Gasteiger partial charge on any atom is 0.235 e. The molecule has 0 aromatic heterocycles. The number of likely N-dealkylation sites (tertiary alicyclic amines) is 1. The van der Waals surface area contributed by atoms with Crippen LogP contribution in [0.25, 0.3) is 6.08 Å². The minimum atomic E-state index is -0.650. The van der Waals surface area contributed by atoms with Crippen LogP contribution in [0, 0.1) is 24.2 Å². The summed E-state index contributed by atoms with van der Waals surface area (Å²) >= 11 is 0. The van der Waals surface area contributed by atoms with Gasteiger partial charge in [0, 0.05) is 17.7 Å². The summed E-state index contributed by atoms with van der Waals surface area (Å²) in [7, 11) is 0. The fourth-order valence-electron chi connectivity index (χ4n) is 5.67. The van der Waals surface area contributed by atoms with E-state index in [1.165, 1.54) is 4.90 Å². The Morgan fingerprint density at radius 2 is 1.90 bits per heavy atom. The number of anilines is 1. The number of aryl methyl sites for hydroxylation is 1. The van der Waals surface area contributed by atoms with E-state index in [0.29, 0.717) is 13.2 Å². The van der Waals surface area contributed by atoms with Gasteiger partial charge in [0.25, 0.3) is 0 Å². The maximum absolute atomic E-state index is 13.7. The molecule has 6 heteroatoms. The van der Waals surface area contributed by atoms with E-state index in [4.69, 9.17) is 4.74 Å². The van der Waals surface area contributed by atoms with Crippen LogP contribution in [0.4, 0.5) is 5.69 Å². The van der Waals surface area contributed by atoms with Gasteiger partial charge in [-0.2, -0.15) is 0 Å². The topological polar surface area (TPSA) is 66.9 Å². The van der Waals surface area contributed by atoms with Crippen molar-refractivity contribution in [3.8, 4) is 0 Å². The molecule has 1 aromatic rings. The highest BCUT2D eigenvalue weighted by Gasteiger charge is 2.64. The molecule has 3 fully saturated rings. The fourth-order valence-corrected chi connectivity index (χ4v) is 5.67. The summed E-state index contributed by atoms with van der Waals surface area (Å²) in [6.07, 6.45) is 5.76. The number of carbonyl (C=O) groups excluding carboxylic acids is 3. The summed E-state index contributed by atoms with van der Waals surface area (Å²) in [6, 6.07) is 5.19. The Labute approximate surface area is 183 Å². The zero-order valence-electron chi connectivity index (χ0n) is 18.6. The van der Waals surface area contributed by atoms with Crippen LogP contribution < -0.4 is 4.90 Å². The summed E-state index contributed by atoms with van der Waals surface area (Å²) < 4.78 is 5.69. The van der Waals surface area contributed by atoms with Gasteiger partial charge in [-0.05, 0) is 37.5 Å². The number of Topliss-reactive ketones (excluding diaryl/α,β-unsaturated/α-hetero) is 1. The van der Waals surface area contributed by atoms with Crippen molar-refractivity contribution in [2.45, 2.75) is 58.7 Å². The Morgan fingerprint density at radius 3 is 2.58 bits per heavy atom. The Hall–Kier alpha value is -2.47. The van der Waals surface area contributed by atoms with Crippen molar-refractivity contribution in [2.24, 2.45) is 17.3 Å². The number of carbonyl (C=O) groups is 3. The molecule has 4 aliphatic heterocycles. The molecule has 2 amide bonds. The van der Waals surface area contributed by atoms with Crippen LogP contribution in [0.5, 0.6) is 0 Å². The van der Waals surface area contributed by atoms with Crippen molar-refractivity contribution < 1.29 is 19.1 Å². The van der Waals surface area contributed by atoms with Crippen LogP contribution in [0.1, 0.15) is 44.7 Å². The minimum Gasteiger partial charge on any atom is -0.376 e. The number of fused-ring (bicyclic) bond motifs is 5. The van der Waals surface area contributed by atoms with Crippen molar-refractivity contribution in [3.63, 3.8) is 0 Å². The van der Waals surface area contributed by atoms with E-state index in [2.05, 4.69) is 11.0 Å².